The van der Waals surface area contributed by atoms with E-state index in [2.05, 4.69) is 10.6 Å². The molecule has 1 amide bonds. The van der Waals surface area contributed by atoms with Crippen molar-refractivity contribution in [3.63, 3.8) is 0 Å². The van der Waals surface area contributed by atoms with Crippen LogP contribution in [-0.4, -0.2) is 42.0 Å². The average Bonchev–Trinajstić information content (AvgIpc) is 2.41. The molecule has 1 aromatic carbocycles. The Kier molecular flexibility index (Phi) is 7.37. The highest BCUT2D eigenvalue weighted by Crippen LogP contribution is 2.06. The summed E-state index contributed by atoms with van der Waals surface area (Å²) in [5.41, 5.74) is 1.06. The van der Waals surface area contributed by atoms with Crippen LogP contribution in [0.2, 0.25) is 0 Å². The van der Waals surface area contributed by atoms with Crippen LogP contribution in [0.25, 0.3) is 0 Å². The van der Waals surface area contributed by atoms with Crippen LogP contribution in [0.5, 0.6) is 0 Å². The molecule has 22 heavy (non-hydrogen) atoms. The van der Waals surface area contributed by atoms with Crippen molar-refractivity contribution in [2.45, 2.75) is 39.3 Å². The average molecular weight is 308 g/mol. The highest BCUT2D eigenvalue weighted by atomic mass is 16.6. The Balaban J connectivity index is 2.12. The van der Waals surface area contributed by atoms with E-state index in [0.29, 0.717) is 18.6 Å². The van der Waals surface area contributed by atoms with E-state index in [1.165, 1.54) is 0 Å². The molecule has 0 fully saturated rings. The largest absolute Gasteiger partial charge is 0.488 e. The van der Waals surface area contributed by atoms with Crippen molar-refractivity contribution in [2.24, 2.45) is 0 Å². The number of carbonyl (C=O) groups is 1. The van der Waals surface area contributed by atoms with Crippen LogP contribution in [0.15, 0.2) is 24.3 Å². The minimum absolute atomic E-state index is 0.398. The second kappa shape index (κ2) is 8.78. The Hall–Kier alpha value is -1.57. The van der Waals surface area contributed by atoms with E-state index in [4.69, 9.17) is 14.8 Å². The molecule has 6 nitrogen and oxygen atoms in total. The van der Waals surface area contributed by atoms with Gasteiger partial charge in [0.2, 0.25) is 0 Å². The lowest BCUT2D eigenvalue weighted by Gasteiger charge is -2.19. The summed E-state index contributed by atoms with van der Waals surface area (Å²) in [5, 5.41) is 24.0. The first kappa shape index (κ1) is 18.5. The first-order chi connectivity index (χ1) is 10.3. The van der Waals surface area contributed by atoms with E-state index in [1.54, 1.807) is 12.1 Å². The minimum Gasteiger partial charge on any atom is -0.444 e. The minimum atomic E-state index is -1.43. The van der Waals surface area contributed by atoms with E-state index < -0.39 is 18.8 Å². The van der Waals surface area contributed by atoms with Crippen LogP contribution >= 0.6 is 0 Å². The number of nitrogens with one attached hydrogen (secondary N) is 2. The van der Waals surface area contributed by atoms with Crippen molar-refractivity contribution in [3.05, 3.63) is 29.8 Å². The van der Waals surface area contributed by atoms with Crippen molar-refractivity contribution in [1.82, 2.24) is 10.6 Å². The maximum absolute atomic E-state index is 11.4. The predicted octanol–water partition coefficient (Wildman–Crippen LogP) is 0.371. The van der Waals surface area contributed by atoms with Gasteiger partial charge in [0.1, 0.15) is 5.60 Å². The van der Waals surface area contributed by atoms with Gasteiger partial charge in [-0.1, -0.05) is 24.3 Å². The first-order valence-electron chi connectivity index (χ1n) is 7.40. The summed E-state index contributed by atoms with van der Waals surface area (Å²) >= 11 is 0. The molecular weight excluding hydrogens is 283 g/mol. The van der Waals surface area contributed by atoms with Crippen molar-refractivity contribution in [3.8, 4) is 0 Å². The molecule has 1 aromatic rings. The SMILES string of the molecule is CC(C)(C)OC(=O)NCCCNCc1ccc(B(O)O)cc1. The molecule has 0 unspecified atom stereocenters. The van der Waals surface area contributed by atoms with Gasteiger partial charge in [0.15, 0.2) is 0 Å². The monoisotopic (exact) mass is 308 g/mol. The number of hydrogen-bond acceptors (Lipinski definition) is 5. The van der Waals surface area contributed by atoms with Crippen LogP contribution in [-0.2, 0) is 11.3 Å². The summed E-state index contributed by atoms with van der Waals surface area (Å²) in [6.45, 7) is 7.49. The molecule has 0 saturated carbocycles. The Morgan fingerprint density at radius 3 is 2.36 bits per heavy atom. The van der Waals surface area contributed by atoms with E-state index in [9.17, 15) is 4.79 Å². The number of carbonyl (C=O) groups excluding carboxylic acids is 1. The number of rotatable bonds is 7. The van der Waals surface area contributed by atoms with Gasteiger partial charge in [-0.2, -0.15) is 0 Å². The maximum Gasteiger partial charge on any atom is 0.488 e. The normalized spacial score (nSPS) is 11.1. The third-order valence-electron chi connectivity index (χ3n) is 2.81. The van der Waals surface area contributed by atoms with Gasteiger partial charge in [-0.15, -0.1) is 0 Å². The third-order valence-corrected chi connectivity index (χ3v) is 2.81. The maximum atomic E-state index is 11.4. The van der Waals surface area contributed by atoms with E-state index in [-0.39, 0.29) is 0 Å². The molecule has 0 spiro atoms. The molecule has 122 valence electrons. The molecular formula is C15H25BN2O4. The standard InChI is InChI=1S/C15H25BN2O4/c1-15(2,3)22-14(19)18-10-4-9-17-11-12-5-7-13(8-6-12)16(20)21/h5-8,17,20-21H,4,9-11H2,1-3H3,(H,18,19). The zero-order valence-electron chi connectivity index (χ0n) is 13.4. The van der Waals surface area contributed by atoms with E-state index >= 15 is 0 Å². The molecule has 0 aliphatic carbocycles. The number of alkyl carbamates (subject to hydrolysis) is 1. The molecule has 0 heterocycles. The van der Waals surface area contributed by atoms with Crippen molar-refractivity contribution < 1.29 is 19.6 Å². The fourth-order valence-electron chi connectivity index (χ4n) is 1.76. The highest BCUT2D eigenvalue weighted by molar-refractivity contribution is 6.58. The molecule has 1 rings (SSSR count). The summed E-state index contributed by atoms with van der Waals surface area (Å²) in [6.07, 6.45) is 0.401. The molecule has 0 radical (unpaired) electrons. The zero-order valence-corrected chi connectivity index (χ0v) is 13.4. The van der Waals surface area contributed by atoms with Crippen molar-refractivity contribution in [1.29, 1.82) is 0 Å². The predicted molar refractivity (Wildman–Crippen MR) is 86.8 cm³/mol. The lowest BCUT2D eigenvalue weighted by atomic mass is 9.80. The molecule has 7 heteroatoms. The summed E-state index contributed by atoms with van der Waals surface area (Å²) in [6, 6.07) is 7.07. The van der Waals surface area contributed by atoms with Gasteiger partial charge in [0, 0.05) is 13.1 Å². The third kappa shape index (κ3) is 8.02. The van der Waals surface area contributed by atoms with Crippen LogP contribution < -0.4 is 16.1 Å². The zero-order chi connectivity index (χ0) is 16.6. The lowest BCUT2D eigenvalue weighted by Crippen LogP contribution is -2.33. The van der Waals surface area contributed by atoms with E-state index in [1.807, 2.05) is 32.9 Å². The van der Waals surface area contributed by atoms with Crippen molar-refractivity contribution >= 4 is 18.7 Å². The second-order valence-electron chi connectivity index (χ2n) is 6.07. The Bertz CT molecular complexity index is 458. The number of hydrogen-bond donors (Lipinski definition) is 4. The summed E-state index contributed by atoms with van der Waals surface area (Å²) in [7, 11) is -1.43. The topological polar surface area (TPSA) is 90.8 Å². The fraction of sp³-hybridized carbons (Fsp3) is 0.533. The Morgan fingerprint density at radius 1 is 1.18 bits per heavy atom. The number of amides is 1. The quantitative estimate of drug-likeness (QED) is 0.432. The van der Waals surface area contributed by atoms with Crippen LogP contribution in [0.3, 0.4) is 0 Å². The van der Waals surface area contributed by atoms with Gasteiger partial charge in [-0.05, 0) is 44.8 Å². The molecule has 0 aliphatic heterocycles. The van der Waals surface area contributed by atoms with Gasteiger partial charge < -0.3 is 25.4 Å². The van der Waals surface area contributed by atoms with Gasteiger partial charge in [0.25, 0.3) is 0 Å². The molecule has 0 bridgehead atoms. The molecule has 4 N–H and O–H groups in total. The summed E-state index contributed by atoms with van der Waals surface area (Å²) < 4.78 is 5.13. The van der Waals surface area contributed by atoms with Gasteiger partial charge in [-0.25, -0.2) is 4.79 Å². The molecule has 0 aromatic heterocycles. The van der Waals surface area contributed by atoms with E-state index in [0.717, 1.165) is 18.5 Å². The molecule has 0 saturated heterocycles. The number of benzene rings is 1. The van der Waals surface area contributed by atoms with Gasteiger partial charge >= 0.3 is 13.2 Å². The van der Waals surface area contributed by atoms with Crippen molar-refractivity contribution in [2.75, 3.05) is 13.1 Å². The highest BCUT2D eigenvalue weighted by Gasteiger charge is 2.15. The van der Waals surface area contributed by atoms with Crippen LogP contribution in [0.1, 0.15) is 32.8 Å². The Morgan fingerprint density at radius 2 is 1.82 bits per heavy atom. The first-order valence-corrected chi connectivity index (χ1v) is 7.40. The molecule has 0 aliphatic rings. The van der Waals surface area contributed by atoms with Crippen LogP contribution in [0.4, 0.5) is 4.79 Å². The fourth-order valence-corrected chi connectivity index (χ4v) is 1.76. The number of ether oxygens (including phenoxy) is 1. The lowest BCUT2D eigenvalue weighted by molar-refractivity contribution is 0.0527. The Labute approximate surface area is 132 Å². The summed E-state index contributed by atoms with van der Waals surface area (Å²) in [4.78, 5) is 11.4. The van der Waals surface area contributed by atoms with Crippen LogP contribution in [0, 0.1) is 0 Å². The van der Waals surface area contributed by atoms with Gasteiger partial charge in [0.05, 0.1) is 0 Å². The second-order valence-corrected chi connectivity index (χ2v) is 6.07. The van der Waals surface area contributed by atoms with Gasteiger partial charge in [-0.3, -0.25) is 0 Å². The molecule has 0 atom stereocenters. The smallest absolute Gasteiger partial charge is 0.444 e. The summed E-state index contributed by atoms with van der Waals surface area (Å²) in [5.74, 6) is 0.